The first-order chi connectivity index (χ1) is 36.1. The SMILES string of the molecule is Cn1c(=S)n2c3cc4nn(nc4cc31)-c1cc(C(C)(C)CC(C)(C)C)cc(c1O)C(C)(c1ccccc1)C(C)(c1ccccc1)c1cc(C(C)(C)CC(C)(C)C)cc(c1O)-n1nc3cc4c(cc3n1)n(c(=S)n4C)CCC2. The van der Waals surface area contributed by atoms with Crippen molar-refractivity contribution in [3.05, 3.63) is 152 Å². The van der Waals surface area contributed by atoms with Crippen molar-refractivity contribution in [3.63, 3.8) is 0 Å². The van der Waals surface area contributed by atoms with Crippen LogP contribution in [0.1, 0.15) is 136 Å². The Bertz CT molecular complexity index is 3850. The van der Waals surface area contributed by atoms with Crippen molar-refractivity contribution in [1.29, 1.82) is 0 Å². The molecule has 1 aliphatic heterocycles. The van der Waals surface area contributed by atoms with Gasteiger partial charge in [0.05, 0.1) is 22.1 Å². The zero-order valence-electron chi connectivity index (χ0n) is 47.1. The number of aromatic hydroxyl groups is 2. The lowest BCUT2D eigenvalue weighted by Gasteiger charge is -2.50. The molecule has 2 atom stereocenters. The van der Waals surface area contributed by atoms with Crippen LogP contribution in [0.2, 0.25) is 0 Å². The molecule has 1 aliphatic rings. The maximum atomic E-state index is 13.7. The van der Waals surface area contributed by atoms with Gasteiger partial charge in [0.1, 0.15) is 44.9 Å². The van der Waals surface area contributed by atoms with E-state index in [0.29, 0.717) is 67.2 Å². The highest BCUT2D eigenvalue weighted by Crippen LogP contribution is 2.59. The summed E-state index contributed by atoms with van der Waals surface area (Å²) < 4.78 is 9.82. The third kappa shape index (κ3) is 8.43. The van der Waals surface area contributed by atoms with E-state index in [0.717, 1.165) is 63.6 Å². The Balaban J connectivity index is 1.32. The van der Waals surface area contributed by atoms with Crippen LogP contribution in [0.15, 0.2) is 109 Å². The van der Waals surface area contributed by atoms with Crippen LogP contribution in [-0.2, 0) is 48.8 Å². The first-order valence-electron chi connectivity index (χ1n) is 26.9. The molecule has 2 unspecified atom stereocenters. The van der Waals surface area contributed by atoms with Gasteiger partial charge in [-0.2, -0.15) is 0 Å². The van der Waals surface area contributed by atoms with Gasteiger partial charge in [0, 0.05) is 49.1 Å². The van der Waals surface area contributed by atoms with Gasteiger partial charge in [-0.15, -0.1) is 30.0 Å². The van der Waals surface area contributed by atoms with Crippen molar-refractivity contribution in [2.24, 2.45) is 24.9 Å². The molecule has 2 N–H and O–H groups in total. The predicted octanol–water partition coefficient (Wildman–Crippen LogP) is 14.8. The number of phenols is 2. The van der Waals surface area contributed by atoms with Crippen LogP contribution in [0.5, 0.6) is 11.5 Å². The lowest BCUT2D eigenvalue weighted by molar-refractivity contribution is 0.280. The van der Waals surface area contributed by atoms with Gasteiger partial charge in [-0.1, -0.05) is 156 Å². The Hall–Kier alpha value is -6.90. The fraction of sp³-hybridized carbons (Fsp3) is 0.397. The van der Waals surface area contributed by atoms with Crippen LogP contribution < -0.4 is 0 Å². The van der Waals surface area contributed by atoms with Gasteiger partial charge < -0.3 is 28.5 Å². The van der Waals surface area contributed by atoms with Gasteiger partial charge in [0.25, 0.3) is 0 Å². The molecule has 11 rings (SSSR count). The Morgan fingerprint density at radius 1 is 0.481 bits per heavy atom. The molecule has 12 nitrogen and oxygen atoms in total. The van der Waals surface area contributed by atoms with E-state index in [2.05, 4.69) is 189 Å². The average molecular weight is 1070 g/mol. The van der Waals surface area contributed by atoms with Crippen LogP contribution >= 0.6 is 24.4 Å². The Morgan fingerprint density at radius 3 is 1.13 bits per heavy atom. The molecule has 398 valence electrons. The normalized spacial score (nSPS) is 17.7. The fourth-order valence-electron chi connectivity index (χ4n) is 13.6. The number of fused-ring (bicyclic) bond motifs is 8. The average Bonchev–Trinajstić information content (AvgIpc) is 4.20. The summed E-state index contributed by atoms with van der Waals surface area (Å²) in [5.41, 5.74) is 9.38. The molecule has 5 heterocycles. The second-order valence-electron chi connectivity index (χ2n) is 26.0. The smallest absolute Gasteiger partial charge is 0.180 e. The molecule has 0 spiro atoms. The number of benzene rings is 6. The quantitative estimate of drug-likeness (QED) is 0.158. The van der Waals surface area contributed by atoms with Crippen molar-refractivity contribution < 1.29 is 10.2 Å². The minimum atomic E-state index is -1.15. The summed E-state index contributed by atoms with van der Waals surface area (Å²) in [7, 11) is 4.00. The predicted molar refractivity (Wildman–Crippen MR) is 316 cm³/mol. The molecule has 10 bridgehead atoms. The Morgan fingerprint density at radius 2 is 0.805 bits per heavy atom. The molecule has 0 fully saturated rings. The van der Waals surface area contributed by atoms with Crippen molar-refractivity contribution in [2.75, 3.05) is 0 Å². The molecular weight excluding hydrogens is 993 g/mol. The molecule has 0 radical (unpaired) electrons. The number of phenolic OH excluding ortho intramolecular Hbond substituents is 2. The molecule has 14 heteroatoms. The van der Waals surface area contributed by atoms with Crippen molar-refractivity contribution in [3.8, 4) is 22.9 Å². The summed E-state index contributed by atoms with van der Waals surface area (Å²) >= 11 is 12.3. The molecule has 0 saturated carbocycles. The summed E-state index contributed by atoms with van der Waals surface area (Å²) in [5, 5.41) is 48.3. The fourth-order valence-corrected chi connectivity index (χ4v) is 14.2. The highest BCUT2D eigenvalue weighted by atomic mass is 32.1. The minimum Gasteiger partial charge on any atom is -0.505 e. The summed E-state index contributed by atoms with van der Waals surface area (Å²) in [6.45, 7) is 28.5. The van der Waals surface area contributed by atoms with Crippen LogP contribution in [-0.4, -0.2) is 58.5 Å². The van der Waals surface area contributed by atoms with Crippen molar-refractivity contribution >= 4 is 68.6 Å². The second kappa shape index (κ2) is 17.8. The number of nitrogens with zero attached hydrogens (tertiary/aromatic N) is 10. The lowest BCUT2D eigenvalue weighted by atomic mass is 9.52. The van der Waals surface area contributed by atoms with E-state index in [1.54, 1.807) is 9.59 Å². The number of hydrogen-bond donors (Lipinski definition) is 2. The molecule has 77 heavy (non-hydrogen) atoms. The molecule has 0 saturated heterocycles. The van der Waals surface area contributed by atoms with Crippen LogP contribution in [0.25, 0.3) is 55.5 Å². The standard InChI is InChI=1S/C63H72N10O2S2/c1-58(2,3)36-60(7,8)40-28-42-54(74)52(30-40)72-64-44-32-48-50(34-46(44)66-72)70(56(76)68(48)13)26-21-27-71-51-35-47-45(33-49(51)69(14)57(71)77)65-73(67-47)53-31-41(61(9,10)37-59(4,5)6)29-43(55(53)75)63(12,39-24-19-16-20-25-39)62(42,11)38-22-17-15-18-23-38/h15-20,22-25,28-35,74-75H,21,26-27,36-37H2,1-14H3. The van der Waals surface area contributed by atoms with Gasteiger partial charge in [0.15, 0.2) is 9.54 Å². The monoisotopic (exact) mass is 1060 g/mol. The van der Waals surface area contributed by atoms with Crippen LogP contribution in [0.4, 0.5) is 0 Å². The lowest BCUT2D eigenvalue weighted by Crippen LogP contribution is -2.47. The number of imidazole rings is 2. The molecule has 10 aromatic rings. The van der Waals surface area contributed by atoms with E-state index in [4.69, 9.17) is 44.8 Å². The molecule has 4 aromatic heterocycles. The Kier molecular flexibility index (Phi) is 12.1. The van der Waals surface area contributed by atoms with E-state index < -0.39 is 21.7 Å². The minimum absolute atomic E-state index is 0.0356. The van der Waals surface area contributed by atoms with Gasteiger partial charge in [0.2, 0.25) is 0 Å². The topological polar surface area (TPSA) is 122 Å². The second-order valence-corrected chi connectivity index (χ2v) is 26.7. The third-order valence-electron chi connectivity index (χ3n) is 17.0. The van der Waals surface area contributed by atoms with Crippen LogP contribution in [0.3, 0.4) is 0 Å². The van der Waals surface area contributed by atoms with E-state index >= 15 is 0 Å². The van der Waals surface area contributed by atoms with E-state index in [9.17, 15) is 10.2 Å². The summed E-state index contributed by atoms with van der Waals surface area (Å²) in [6.07, 6.45) is 2.42. The highest BCUT2D eigenvalue weighted by Gasteiger charge is 2.53. The summed E-state index contributed by atoms with van der Waals surface area (Å²) in [6, 6.07) is 37.7. The first kappa shape index (κ1) is 52.2. The summed E-state index contributed by atoms with van der Waals surface area (Å²) in [4.78, 5) is 3.23. The number of aryl methyl sites for hydroxylation is 4. The van der Waals surface area contributed by atoms with Gasteiger partial charge in [-0.25, -0.2) is 0 Å². The van der Waals surface area contributed by atoms with E-state index in [1.165, 1.54) is 0 Å². The number of rotatable bonds is 6. The third-order valence-corrected chi connectivity index (χ3v) is 17.9. The summed E-state index contributed by atoms with van der Waals surface area (Å²) in [5.74, 6) is 0.0712. The molecular formula is C63H72N10O2S2. The molecule has 0 amide bonds. The Labute approximate surface area is 461 Å². The van der Waals surface area contributed by atoms with Crippen LogP contribution in [0, 0.1) is 20.4 Å². The van der Waals surface area contributed by atoms with Crippen molar-refractivity contribution in [1.82, 2.24) is 48.3 Å². The largest absolute Gasteiger partial charge is 0.505 e. The zero-order chi connectivity index (χ0) is 55.1. The zero-order valence-corrected chi connectivity index (χ0v) is 48.7. The number of hydrogen-bond acceptors (Lipinski definition) is 8. The molecule has 6 aromatic carbocycles. The van der Waals surface area contributed by atoms with Gasteiger partial charge >= 0.3 is 0 Å². The number of aromatic nitrogens is 10. The van der Waals surface area contributed by atoms with E-state index in [1.807, 2.05) is 35.4 Å². The maximum Gasteiger partial charge on any atom is 0.180 e. The molecule has 0 aliphatic carbocycles. The van der Waals surface area contributed by atoms with Gasteiger partial charge in [-0.05, 0) is 124 Å². The first-order valence-corrected chi connectivity index (χ1v) is 27.7. The maximum absolute atomic E-state index is 13.7. The van der Waals surface area contributed by atoms with E-state index in [-0.39, 0.29) is 22.3 Å². The van der Waals surface area contributed by atoms with Gasteiger partial charge in [-0.3, -0.25) is 0 Å². The highest BCUT2D eigenvalue weighted by molar-refractivity contribution is 7.71. The van der Waals surface area contributed by atoms with Crippen molar-refractivity contribution in [2.45, 2.75) is 137 Å².